The van der Waals surface area contributed by atoms with Crippen LogP contribution in [0.1, 0.15) is 33.1 Å². The van der Waals surface area contributed by atoms with Gasteiger partial charge in [-0.15, -0.1) is 0 Å². The van der Waals surface area contributed by atoms with Gasteiger partial charge in [0.15, 0.2) is 0 Å². The molecule has 1 saturated heterocycles. The van der Waals surface area contributed by atoms with E-state index in [4.69, 9.17) is 4.74 Å². The average molecular weight is 274 g/mol. The maximum Gasteiger partial charge on any atom is 0.120 e. The highest BCUT2D eigenvalue weighted by molar-refractivity contribution is 5.52. The van der Waals surface area contributed by atoms with Gasteiger partial charge < -0.3 is 15.0 Å². The first kappa shape index (κ1) is 13.7. The number of piperazine rings is 1. The maximum atomic E-state index is 5.38. The van der Waals surface area contributed by atoms with Crippen LogP contribution in [0.5, 0.6) is 5.75 Å². The van der Waals surface area contributed by atoms with Gasteiger partial charge in [0.05, 0.1) is 7.11 Å². The Bertz CT molecular complexity index is 472. The van der Waals surface area contributed by atoms with Crippen LogP contribution >= 0.6 is 0 Å². The molecule has 1 aliphatic heterocycles. The molecular weight excluding hydrogens is 248 g/mol. The number of nitrogens with one attached hydrogen (secondary N) is 1. The van der Waals surface area contributed by atoms with Crippen molar-refractivity contribution in [3.63, 3.8) is 0 Å². The fourth-order valence-corrected chi connectivity index (χ4v) is 3.45. The van der Waals surface area contributed by atoms with Crippen molar-refractivity contribution in [2.45, 2.75) is 44.7 Å². The lowest BCUT2D eigenvalue weighted by Gasteiger charge is -2.47. The predicted octanol–water partition coefficient (Wildman–Crippen LogP) is 3.05. The summed E-state index contributed by atoms with van der Waals surface area (Å²) >= 11 is 0. The van der Waals surface area contributed by atoms with E-state index in [2.05, 4.69) is 42.3 Å². The average Bonchev–Trinajstić information content (AvgIpc) is 3.32. The Balaban J connectivity index is 1.86. The number of ether oxygens (including phenoxy) is 1. The van der Waals surface area contributed by atoms with E-state index in [9.17, 15) is 0 Å². The van der Waals surface area contributed by atoms with Crippen LogP contribution in [0.15, 0.2) is 24.3 Å². The van der Waals surface area contributed by atoms with Crippen molar-refractivity contribution in [3.05, 3.63) is 24.3 Å². The van der Waals surface area contributed by atoms with Crippen molar-refractivity contribution >= 4 is 5.69 Å². The molecule has 110 valence electrons. The second-order valence-corrected chi connectivity index (χ2v) is 6.46. The first-order chi connectivity index (χ1) is 9.66. The van der Waals surface area contributed by atoms with Crippen molar-refractivity contribution in [1.29, 1.82) is 0 Å². The fourth-order valence-electron chi connectivity index (χ4n) is 3.45. The van der Waals surface area contributed by atoms with Gasteiger partial charge in [-0.05, 0) is 44.2 Å². The Morgan fingerprint density at radius 1 is 1.40 bits per heavy atom. The summed E-state index contributed by atoms with van der Waals surface area (Å²) in [4.78, 5) is 2.58. The van der Waals surface area contributed by atoms with E-state index in [-0.39, 0.29) is 5.54 Å². The Morgan fingerprint density at radius 2 is 2.20 bits per heavy atom. The summed E-state index contributed by atoms with van der Waals surface area (Å²) in [6.45, 7) is 6.85. The smallest absolute Gasteiger partial charge is 0.120 e. The molecule has 1 N–H and O–H groups in total. The van der Waals surface area contributed by atoms with Crippen molar-refractivity contribution in [3.8, 4) is 5.75 Å². The molecule has 20 heavy (non-hydrogen) atoms. The van der Waals surface area contributed by atoms with Gasteiger partial charge in [0.25, 0.3) is 0 Å². The molecule has 2 fully saturated rings. The zero-order chi connectivity index (χ0) is 14.2. The minimum atomic E-state index is 0.273. The molecular formula is C17H26N2O. The van der Waals surface area contributed by atoms with Gasteiger partial charge in [-0.2, -0.15) is 0 Å². The predicted molar refractivity (Wildman–Crippen MR) is 83.6 cm³/mol. The second-order valence-electron chi connectivity index (χ2n) is 6.46. The summed E-state index contributed by atoms with van der Waals surface area (Å²) < 4.78 is 5.38. The van der Waals surface area contributed by atoms with Gasteiger partial charge in [-0.3, -0.25) is 0 Å². The topological polar surface area (TPSA) is 24.5 Å². The summed E-state index contributed by atoms with van der Waals surface area (Å²) in [6, 6.07) is 9.07. The maximum absolute atomic E-state index is 5.38. The third kappa shape index (κ3) is 2.51. The van der Waals surface area contributed by atoms with Crippen LogP contribution in [0.3, 0.4) is 0 Å². The molecule has 3 heteroatoms. The van der Waals surface area contributed by atoms with Gasteiger partial charge in [0.2, 0.25) is 0 Å². The summed E-state index contributed by atoms with van der Waals surface area (Å²) in [5.74, 6) is 1.80. The molecule has 1 aliphatic carbocycles. The van der Waals surface area contributed by atoms with E-state index in [1.807, 2.05) is 6.07 Å². The molecule has 1 heterocycles. The molecule has 2 atom stereocenters. The van der Waals surface area contributed by atoms with E-state index in [1.54, 1.807) is 7.11 Å². The summed E-state index contributed by atoms with van der Waals surface area (Å²) in [7, 11) is 1.74. The van der Waals surface area contributed by atoms with Crippen molar-refractivity contribution < 1.29 is 4.74 Å². The monoisotopic (exact) mass is 274 g/mol. The van der Waals surface area contributed by atoms with Crippen LogP contribution in [0.2, 0.25) is 0 Å². The molecule has 0 spiro atoms. The fraction of sp³-hybridized carbons (Fsp3) is 0.647. The van der Waals surface area contributed by atoms with Crippen LogP contribution in [-0.2, 0) is 0 Å². The van der Waals surface area contributed by atoms with Crippen LogP contribution in [0.4, 0.5) is 5.69 Å². The van der Waals surface area contributed by atoms with Crippen molar-refractivity contribution in [2.75, 3.05) is 25.1 Å². The molecule has 0 amide bonds. The zero-order valence-corrected chi connectivity index (χ0v) is 12.9. The Kier molecular flexibility index (Phi) is 3.63. The number of hydrogen-bond acceptors (Lipinski definition) is 3. The lowest BCUT2D eigenvalue weighted by atomic mass is 9.90. The highest BCUT2D eigenvalue weighted by atomic mass is 16.5. The van der Waals surface area contributed by atoms with Gasteiger partial charge >= 0.3 is 0 Å². The normalized spacial score (nSPS) is 30.4. The molecule has 3 nitrogen and oxygen atoms in total. The molecule has 1 aromatic carbocycles. The first-order valence-corrected chi connectivity index (χ1v) is 7.82. The molecule has 2 aliphatic rings. The van der Waals surface area contributed by atoms with E-state index in [0.717, 1.165) is 24.8 Å². The largest absolute Gasteiger partial charge is 0.497 e. The van der Waals surface area contributed by atoms with E-state index < -0.39 is 0 Å². The lowest BCUT2D eigenvalue weighted by molar-refractivity contribution is 0.252. The Hall–Kier alpha value is -1.22. The molecule has 0 aromatic heterocycles. The Labute approximate surface area is 122 Å². The second kappa shape index (κ2) is 5.28. The SMILES string of the molecule is CCC1CNC(C)(C2CC2)CN1c1cccc(OC)c1. The lowest BCUT2D eigenvalue weighted by Crippen LogP contribution is -2.64. The number of anilines is 1. The number of rotatable bonds is 4. The minimum Gasteiger partial charge on any atom is -0.497 e. The summed E-state index contributed by atoms with van der Waals surface area (Å²) in [6.07, 6.45) is 3.93. The van der Waals surface area contributed by atoms with Crippen LogP contribution < -0.4 is 15.0 Å². The van der Waals surface area contributed by atoms with Gasteiger partial charge in [-0.1, -0.05) is 13.0 Å². The van der Waals surface area contributed by atoms with E-state index in [1.165, 1.54) is 24.9 Å². The molecule has 0 radical (unpaired) electrons. The van der Waals surface area contributed by atoms with Gasteiger partial charge in [0.1, 0.15) is 5.75 Å². The third-order valence-electron chi connectivity index (χ3n) is 5.02. The van der Waals surface area contributed by atoms with Gasteiger partial charge in [0, 0.05) is 36.4 Å². The highest BCUT2D eigenvalue weighted by Gasteiger charge is 2.45. The van der Waals surface area contributed by atoms with E-state index in [0.29, 0.717) is 6.04 Å². The number of methoxy groups -OCH3 is 1. The third-order valence-corrected chi connectivity index (χ3v) is 5.02. The van der Waals surface area contributed by atoms with Crippen molar-refractivity contribution in [1.82, 2.24) is 5.32 Å². The van der Waals surface area contributed by atoms with Crippen LogP contribution in [0, 0.1) is 5.92 Å². The quantitative estimate of drug-likeness (QED) is 0.913. The summed E-state index contributed by atoms with van der Waals surface area (Å²) in [5, 5.41) is 3.81. The number of nitrogens with zero attached hydrogens (tertiary/aromatic N) is 1. The summed E-state index contributed by atoms with van der Waals surface area (Å²) in [5.41, 5.74) is 1.57. The number of hydrogen-bond donors (Lipinski definition) is 1. The molecule has 1 saturated carbocycles. The van der Waals surface area contributed by atoms with Gasteiger partial charge in [-0.25, -0.2) is 0 Å². The molecule has 1 aromatic rings. The molecule has 2 unspecified atom stereocenters. The minimum absolute atomic E-state index is 0.273. The molecule has 0 bridgehead atoms. The first-order valence-electron chi connectivity index (χ1n) is 7.82. The molecule has 3 rings (SSSR count). The number of benzene rings is 1. The van der Waals surface area contributed by atoms with E-state index >= 15 is 0 Å². The zero-order valence-electron chi connectivity index (χ0n) is 12.9. The highest BCUT2D eigenvalue weighted by Crippen LogP contribution is 2.42. The van der Waals surface area contributed by atoms with Crippen LogP contribution in [-0.4, -0.2) is 31.8 Å². The van der Waals surface area contributed by atoms with Crippen molar-refractivity contribution in [2.24, 2.45) is 5.92 Å². The standard InChI is InChI=1S/C17H26N2O/c1-4-14-11-18-17(2,13-8-9-13)12-19(14)15-6-5-7-16(10-15)20-3/h5-7,10,13-14,18H,4,8-9,11-12H2,1-3H3. The Morgan fingerprint density at radius 3 is 2.85 bits per heavy atom. The van der Waals surface area contributed by atoms with Crippen LogP contribution in [0.25, 0.3) is 0 Å².